The molecule has 8 heteroatoms. The van der Waals surface area contributed by atoms with E-state index in [0.717, 1.165) is 30.9 Å². The fraction of sp³-hybridized carbons (Fsp3) is 0.542. The van der Waals surface area contributed by atoms with Crippen molar-refractivity contribution in [2.24, 2.45) is 16.7 Å². The zero-order valence-corrected chi connectivity index (χ0v) is 20.8. The number of carbonyl (C=O) groups excluding carboxylic acids is 2. The fourth-order valence-electron chi connectivity index (χ4n) is 4.84. The summed E-state index contributed by atoms with van der Waals surface area (Å²) in [5.74, 6) is 0.973. The molecule has 1 aromatic heterocycles. The van der Waals surface area contributed by atoms with Crippen LogP contribution in [0.1, 0.15) is 62.0 Å². The first-order valence-corrected chi connectivity index (χ1v) is 12.2. The molecule has 0 bridgehead atoms. The van der Waals surface area contributed by atoms with Gasteiger partial charge in [0.05, 0.1) is 22.8 Å². The first-order chi connectivity index (χ1) is 15.1. The van der Waals surface area contributed by atoms with Crippen LogP contribution in [-0.2, 0) is 4.79 Å². The number of nitrogens with zero attached hydrogens (tertiary/aromatic N) is 2. The quantitative estimate of drug-likeness (QED) is 0.624. The molecule has 1 saturated carbocycles. The minimum atomic E-state index is -0.298. The molecule has 6 nitrogen and oxygen atoms in total. The van der Waals surface area contributed by atoms with E-state index < -0.39 is 0 Å². The molecule has 2 amide bonds. The standard InChI is InChI=1S/C24H30ClN3O3S/c1-23(2)19(24(23,3)4)22(30)28-10-8-14(9-11-28)21-27-18(13-32-21)20(29)26-17-12-15(31-5)6-7-16(17)25/h6-7,12-14,19H,8-11H2,1-5H3,(H,26,29). The summed E-state index contributed by atoms with van der Waals surface area (Å²) in [5, 5.41) is 5.99. The number of halogens is 1. The Kier molecular flexibility index (Phi) is 6.01. The third-order valence-corrected chi connectivity index (χ3v) is 8.94. The maximum absolute atomic E-state index is 13.0. The van der Waals surface area contributed by atoms with Crippen LogP contribution in [0.25, 0.3) is 0 Å². The molecule has 0 radical (unpaired) electrons. The highest BCUT2D eigenvalue weighted by atomic mass is 35.5. The number of piperidine rings is 1. The van der Waals surface area contributed by atoms with Crippen LogP contribution in [0.15, 0.2) is 23.6 Å². The average molecular weight is 476 g/mol. The van der Waals surface area contributed by atoms with Gasteiger partial charge in [-0.15, -0.1) is 11.3 Å². The van der Waals surface area contributed by atoms with Crippen LogP contribution in [0.2, 0.25) is 5.02 Å². The van der Waals surface area contributed by atoms with Crippen LogP contribution in [0.3, 0.4) is 0 Å². The Balaban J connectivity index is 1.36. The van der Waals surface area contributed by atoms with Crippen LogP contribution in [0.5, 0.6) is 5.75 Å². The van der Waals surface area contributed by atoms with Gasteiger partial charge in [0, 0.05) is 36.4 Å². The minimum Gasteiger partial charge on any atom is -0.497 e. The van der Waals surface area contributed by atoms with E-state index in [1.807, 2.05) is 4.90 Å². The molecule has 0 unspecified atom stereocenters. The van der Waals surface area contributed by atoms with Gasteiger partial charge < -0.3 is 15.0 Å². The van der Waals surface area contributed by atoms with Gasteiger partial charge in [0.25, 0.3) is 5.91 Å². The number of amides is 2. The lowest BCUT2D eigenvalue weighted by Crippen LogP contribution is -2.39. The van der Waals surface area contributed by atoms with Crippen LogP contribution >= 0.6 is 22.9 Å². The zero-order chi connectivity index (χ0) is 23.3. The van der Waals surface area contributed by atoms with Crippen molar-refractivity contribution in [3.8, 4) is 5.75 Å². The molecule has 1 N–H and O–H groups in total. The fourth-order valence-corrected chi connectivity index (χ4v) is 5.97. The molecule has 1 aromatic carbocycles. The summed E-state index contributed by atoms with van der Waals surface area (Å²) in [5.41, 5.74) is 0.987. The number of likely N-dealkylation sites (tertiary alicyclic amines) is 1. The summed E-state index contributed by atoms with van der Waals surface area (Å²) in [7, 11) is 1.56. The van der Waals surface area contributed by atoms with Crippen LogP contribution < -0.4 is 10.1 Å². The van der Waals surface area contributed by atoms with Crippen molar-refractivity contribution >= 4 is 40.4 Å². The van der Waals surface area contributed by atoms with Crippen molar-refractivity contribution in [3.05, 3.63) is 39.3 Å². The average Bonchev–Trinajstić information content (AvgIpc) is 3.09. The van der Waals surface area contributed by atoms with Gasteiger partial charge in [-0.05, 0) is 35.8 Å². The molecule has 0 atom stereocenters. The lowest BCUT2D eigenvalue weighted by atomic mass is 9.96. The van der Waals surface area contributed by atoms with Crippen LogP contribution in [-0.4, -0.2) is 41.9 Å². The third-order valence-electron chi connectivity index (χ3n) is 7.60. The van der Waals surface area contributed by atoms with E-state index in [-0.39, 0.29) is 34.5 Å². The summed E-state index contributed by atoms with van der Waals surface area (Å²) in [4.78, 5) is 32.3. The van der Waals surface area contributed by atoms with Crippen LogP contribution in [0.4, 0.5) is 5.69 Å². The molecule has 1 saturated heterocycles. The Hall–Kier alpha value is -2.12. The Bertz CT molecular complexity index is 1030. The first-order valence-electron chi connectivity index (χ1n) is 11.0. The second kappa shape index (κ2) is 8.34. The molecule has 32 heavy (non-hydrogen) atoms. The first kappa shape index (κ1) is 23.1. The molecule has 172 valence electrons. The Labute approximate surface area is 198 Å². The molecular formula is C24H30ClN3O3S. The van der Waals surface area contributed by atoms with Crippen LogP contribution in [0, 0.1) is 16.7 Å². The topological polar surface area (TPSA) is 71.5 Å². The largest absolute Gasteiger partial charge is 0.497 e. The number of hydrogen-bond donors (Lipinski definition) is 1. The Morgan fingerprint density at radius 3 is 2.44 bits per heavy atom. The van der Waals surface area contributed by atoms with E-state index in [0.29, 0.717) is 22.2 Å². The number of nitrogens with one attached hydrogen (secondary N) is 1. The summed E-state index contributed by atoms with van der Waals surface area (Å²) in [6, 6.07) is 5.10. The minimum absolute atomic E-state index is 0.0597. The SMILES string of the molecule is COc1ccc(Cl)c(NC(=O)c2csc(C3CCN(C(=O)C4C(C)(C)C4(C)C)CC3)n2)c1. The molecule has 0 spiro atoms. The van der Waals surface area contributed by atoms with Gasteiger partial charge in [0.15, 0.2) is 0 Å². The maximum Gasteiger partial charge on any atom is 0.275 e. The number of ether oxygens (including phenoxy) is 1. The van der Waals surface area contributed by atoms with Gasteiger partial charge >= 0.3 is 0 Å². The summed E-state index contributed by atoms with van der Waals surface area (Å²) in [6.07, 6.45) is 1.74. The predicted octanol–water partition coefficient (Wildman–Crippen LogP) is 5.45. The molecule has 2 fully saturated rings. The third kappa shape index (κ3) is 4.01. The lowest BCUT2D eigenvalue weighted by Gasteiger charge is -2.31. The van der Waals surface area contributed by atoms with Crippen molar-refractivity contribution in [2.75, 3.05) is 25.5 Å². The number of hydrogen-bond acceptors (Lipinski definition) is 5. The lowest BCUT2D eigenvalue weighted by molar-refractivity contribution is -0.134. The predicted molar refractivity (Wildman–Crippen MR) is 128 cm³/mol. The number of benzene rings is 1. The second-order valence-electron chi connectivity index (χ2n) is 9.85. The van der Waals surface area contributed by atoms with E-state index in [1.54, 1.807) is 30.7 Å². The summed E-state index contributed by atoms with van der Waals surface area (Å²) >= 11 is 7.69. The van der Waals surface area contributed by atoms with Crippen molar-refractivity contribution in [1.29, 1.82) is 0 Å². The summed E-state index contributed by atoms with van der Waals surface area (Å²) < 4.78 is 5.20. The van der Waals surface area contributed by atoms with Gasteiger partial charge in [-0.1, -0.05) is 39.3 Å². The molecular weight excluding hydrogens is 446 g/mol. The van der Waals surface area contributed by atoms with E-state index in [4.69, 9.17) is 16.3 Å². The molecule has 2 heterocycles. The van der Waals surface area contributed by atoms with Crippen molar-refractivity contribution in [1.82, 2.24) is 9.88 Å². The number of carbonyl (C=O) groups is 2. The number of thiazole rings is 1. The highest BCUT2D eigenvalue weighted by Crippen LogP contribution is 2.68. The Morgan fingerprint density at radius 2 is 1.84 bits per heavy atom. The second-order valence-corrected chi connectivity index (χ2v) is 11.1. The highest BCUT2D eigenvalue weighted by Gasteiger charge is 2.68. The molecule has 4 rings (SSSR count). The van der Waals surface area contributed by atoms with Gasteiger partial charge in [-0.2, -0.15) is 0 Å². The monoisotopic (exact) mass is 475 g/mol. The summed E-state index contributed by atoms with van der Waals surface area (Å²) in [6.45, 7) is 10.2. The maximum atomic E-state index is 13.0. The van der Waals surface area contributed by atoms with E-state index in [2.05, 4.69) is 38.0 Å². The van der Waals surface area contributed by atoms with Gasteiger partial charge in [0.2, 0.25) is 5.91 Å². The normalized spacial score (nSPS) is 20.1. The van der Waals surface area contributed by atoms with Crippen molar-refractivity contribution in [3.63, 3.8) is 0 Å². The van der Waals surface area contributed by atoms with Gasteiger partial charge in [-0.25, -0.2) is 4.98 Å². The number of methoxy groups -OCH3 is 1. The van der Waals surface area contributed by atoms with Gasteiger partial charge in [0.1, 0.15) is 11.4 Å². The molecule has 2 aliphatic rings. The van der Waals surface area contributed by atoms with Gasteiger partial charge in [-0.3, -0.25) is 9.59 Å². The smallest absolute Gasteiger partial charge is 0.275 e. The van der Waals surface area contributed by atoms with E-state index in [1.165, 1.54) is 11.3 Å². The van der Waals surface area contributed by atoms with Crippen molar-refractivity contribution in [2.45, 2.75) is 46.5 Å². The van der Waals surface area contributed by atoms with E-state index >= 15 is 0 Å². The van der Waals surface area contributed by atoms with E-state index in [9.17, 15) is 9.59 Å². The number of rotatable bonds is 5. The Morgan fingerprint density at radius 1 is 1.19 bits per heavy atom. The number of aromatic nitrogens is 1. The zero-order valence-electron chi connectivity index (χ0n) is 19.2. The number of anilines is 1. The molecule has 1 aliphatic carbocycles. The van der Waals surface area contributed by atoms with Crippen molar-refractivity contribution < 1.29 is 14.3 Å². The molecule has 1 aliphatic heterocycles. The highest BCUT2D eigenvalue weighted by molar-refractivity contribution is 7.10. The molecule has 2 aromatic rings.